The van der Waals surface area contributed by atoms with Gasteiger partial charge in [-0.3, -0.25) is 14.7 Å². The number of amides is 1. The number of anilines is 1. The van der Waals surface area contributed by atoms with Crippen LogP contribution in [0.15, 0.2) is 67.0 Å². The molecule has 4 aromatic rings. The number of hydrogen-bond donors (Lipinski definition) is 0. The molecule has 0 spiro atoms. The third-order valence-electron chi connectivity index (χ3n) is 4.42. The summed E-state index contributed by atoms with van der Waals surface area (Å²) < 4.78 is 6.29. The molecule has 4 rings (SSSR count). The van der Waals surface area contributed by atoms with Crippen LogP contribution in [-0.2, 0) is 6.54 Å². The Labute approximate surface area is 167 Å². The number of benzene rings is 2. The van der Waals surface area contributed by atoms with E-state index in [4.69, 9.17) is 9.72 Å². The largest absolute Gasteiger partial charge is 0.497 e. The number of methoxy groups -OCH3 is 1. The molecule has 0 N–H and O–H groups in total. The number of ether oxygens (including phenoxy) is 1. The van der Waals surface area contributed by atoms with Gasteiger partial charge in [0, 0.05) is 18.0 Å². The number of aromatic nitrogens is 2. The molecule has 0 atom stereocenters. The number of thiazole rings is 1. The van der Waals surface area contributed by atoms with E-state index < -0.39 is 0 Å². The number of rotatable bonds is 5. The van der Waals surface area contributed by atoms with E-state index in [-0.39, 0.29) is 5.91 Å². The monoisotopic (exact) mass is 389 g/mol. The number of carbonyl (C=O) groups excluding carboxylic acids is 1. The van der Waals surface area contributed by atoms with Crippen molar-refractivity contribution in [1.29, 1.82) is 0 Å². The number of fused-ring (bicyclic) bond motifs is 1. The number of pyridine rings is 1. The zero-order valence-corrected chi connectivity index (χ0v) is 16.4. The van der Waals surface area contributed by atoms with Gasteiger partial charge in [-0.05, 0) is 55.0 Å². The van der Waals surface area contributed by atoms with Crippen LogP contribution in [0.5, 0.6) is 5.75 Å². The molecule has 1 amide bonds. The van der Waals surface area contributed by atoms with Crippen LogP contribution >= 0.6 is 11.3 Å². The van der Waals surface area contributed by atoms with Gasteiger partial charge in [-0.15, -0.1) is 0 Å². The first-order chi connectivity index (χ1) is 13.6. The summed E-state index contributed by atoms with van der Waals surface area (Å²) in [6, 6.07) is 17.2. The highest BCUT2D eigenvalue weighted by molar-refractivity contribution is 7.22. The lowest BCUT2D eigenvalue weighted by molar-refractivity contribution is 0.0985. The lowest BCUT2D eigenvalue weighted by Crippen LogP contribution is -2.30. The molecular weight excluding hydrogens is 370 g/mol. The van der Waals surface area contributed by atoms with Crippen molar-refractivity contribution < 1.29 is 9.53 Å². The van der Waals surface area contributed by atoms with Crippen LogP contribution < -0.4 is 9.64 Å². The number of aryl methyl sites for hydroxylation is 1. The van der Waals surface area contributed by atoms with Crippen LogP contribution in [-0.4, -0.2) is 23.0 Å². The first kappa shape index (κ1) is 18.1. The highest BCUT2D eigenvalue weighted by Gasteiger charge is 2.22. The van der Waals surface area contributed by atoms with Gasteiger partial charge in [-0.2, -0.15) is 0 Å². The molecule has 2 heterocycles. The second-order valence-corrected chi connectivity index (χ2v) is 7.46. The molecule has 0 bridgehead atoms. The molecule has 6 heteroatoms. The van der Waals surface area contributed by atoms with E-state index in [0.29, 0.717) is 17.2 Å². The molecule has 0 aliphatic carbocycles. The summed E-state index contributed by atoms with van der Waals surface area (Å²) in [7, 11) is 1.64. The normalized spacial score (nSPS) is 10.8. The van der Waals surface area contributed by atoms with Gasteiger partial charge >= 0.3 is 0 Å². The van der Waals surface area contributed by atoms with Gasteiger partial charge in [0.15, 0.2) is 5.13 Å². The second kappa shape index (κ2) is 7.78. The minimum absolute atomic E-state index is 0.0773. The summed E-state index contributed by atoms with van der Waals surface area (Å²) >= 11 is 1.48. The first-order valence-electron chi connectivity index (χ1n) is 8.86. The zero-order valence-electron chi connectivity index (χ0n) is 15.6. The van der Waals surface area contributed by atoms with Crippen molar-refractivity contribution in [3.8, 4) is 5.75 Å². The fraction of sp³-hybridized carbons (Fsp3) is 0.136. The Morgan fingerprint density at radius 3 is 2.68 bits per heavy atom. The van der Waals surface area contributed by atoms with Crippen molar-refractivity contribution in [3.63, 3.8) is 0 Å². The topological polar surface area (TPSA) is 55.3 Å². The molecule has 0 radical (unpaired) electrons. The number of nitrogens with zero attached hydrogens (tertiary/aromatic N) is 3. The average molecular weight is 389 g/mol. The van der Waals surface area contributed by atoms with E-state index in [1.54, 1.807) is 24.4 Å². The molecular formula is C22H19N3O2S. The Kier molecular flexibility index (Phi) is 5.04. The summed E-state index contributed by atoms with van der Waals surface area (Å²) in [5.41, 5.74) is 3.53. The van der Waals surface area contributed by atoms with E-state index in [1.165, 1.54) is 11.3 Å². The highest BCUT2D eigenvalue weighted by Crippen LogP contribution is 2.33. The van der Waals surface area contributed by atoms with E-state index in [2.05, 4.69) is 4.98 Å². The third kappa shape index (κ3) is 3.73. The number of carbonyl (C=O) groups is 1. The average Bonchev–Trinajstić information content (AvgIpc) is 3.15. The molecule has 0 aliphatic rings. The Morgan fingerprint density at radius 1 is 1.11 bits per heavy atom. The van der Waals surface area contributed by atoms with Gasteiger partial charge in [0.1, 0.15) is 5.75 Å². The lowest BCUT2D eigenvalue weighted by Gasteiger charge is -2.20. The maximum absolute atomic E-state index is 13.4. The van der Waals surface area contributed by atoms with E-state index in [0.717, 1.165) is 27.1 Å². The quantitative estimate of drug-likeness (QED) is 0.489. The van der Waals surface area contributed by atoms with Crippen LogP contribution in [0.3, 0.4) is 0 Å². The van der Waals surface area contributed by atoms with Crippen molar-refractivity contribution in [1.82, 2.24) is 9.97 Å². The van der Waals surface area contributed by atoms with E-state index >= 15 is 0 Å². The predicted molar refractivity (Wildman–Crippen MR) is 112 cm³/mol. The Hall–Kier alpha value is -3.25. The maximum atomic E-state index is 13.4. The summed E-state index contributed by atoms with van der Waals surface area (Å²) in [5, 5.41) is 0.659. The molecule has 140 valence electrons. The summed E-state index contributed by atoms with van der Waals surface area (Å²) in [6.45, 7) is 2.40. The Balaban J connectivity index is 1.77. The molecule has 0 unspecified atom stereocenters. The molecule has 0 fully saturated rings. The van der Waals surface area contributed by atoms with Gasteiger partial charge < -0.3 is 4.74 Å². The summed E-state index contributed by atoms with van der Waals surface area (Å²) in [6.07, 6.45) is 3.46. The fourth-order valence-electron chi connectivity index (χ4n) is 2.97. The predicted octanol–water partition coefficient (Wildman–Crippen LogP) is 4.86. The lowest BCUT2D eigenvalue weighted by atomic mass is 10.1. The molecule has 5 nitrogen and oxygen atoms in total. The maximum Gasteiger partial charge on any atom is 0.260 e. The van der Waals surface area contributed by atoms with Crippen LogP contribution in [0, 0.1) is 6.92 Å². The zero-order chi connectivity index (χ0) is 19.5. The van der Waals surface area contributed by atoms with Crippen molar-refractivity contribution in [2.24, 2.45) is 0 Å². The SMILES string of the molecule is COc1ccc2nc(N(Cc3ccncc3)C(=O)c3cccc(C)c3)sc2c1. The Morgan fingerprint density at radius 2 is 1.93 bits per heavy atom. The fourth-order valence-corrected chi connectivity index (χ4v) is 3.96. The Bertz CT molecular complexity index is 1130. The summed E-state index contributed by atoms with van der Waals surface area (Å²) in [5.74, 6) is 0.694. The third-order valence-corrected chi connectivity index (χ3v) is 5.46. The van der Waals surface area contributed by atoms with Crippen LogP contribution in [0.4, 0.5) is 5.13 Å². The molecule has 0 aliphatic heterocycles. The van der Waals surface area contributed by atoms with Crippen LogP contribution in [0.2, 0.25) is 0 Å². The van der Waals surface area contributed by atoms with Gasteiger partial charge in [0.05, 0.1) is 23.9 Å². The second-order valence-electron chi connectivity index (χ2n) is 6.45. The van der Waals surface area contributed by atoms with Crippen molar-refractivity contribution in [2.45, 2.75) is 13.5 Å². The molecule has 28 heavy (non-hydrogen) atoms. The van der Waals surface area contributed by atoms with Gasteiger partial charge in [-0.25, -0.2) is 4.98 Å². The highest BCUT2D eigenvalue weighted by atomic mass is 32.1. The standard InChI is InChI=1S/C22H19N3O2S/c1-15-4-3-5-17(12-15)21(26)25(14-16-8-10-23-11-9-16)22-24-19-7-6-18(27-2)13-20(19)28-22/h3-13H,14H2,1-2H3. The van der Waals surface area contributed by atoms with Gasteiger partial charge in [0.25, 0.3) is 5.91 Å². The van der Waals surface area contributed by atoms with Crippen molar-refractivity contribution >= 4 is 32.6 Å². The van der Waals surface area contributed by atoms with Crippen LogP contribution in [0.1, 0.15) is 21.5 Å². The van der Waals surface area contributed by atoms with Crippen molar-refractivity contribution in [2.75, 3.05) is 12.0 Å². The van der Waals surface area contributed by atoms with E-state index in [1.807, 2.05) is 61.5 Å². The van der Waals surface area contributed by atoms with Gasteiger partial charge in [-0.1, -0.05) is 29.0 Å². The minimum atomic E-state index is -0.0773. The molecule has 0 saturated carbocycles. The molecule has 0 saturated heterocycles. The molecule has 2 aromatic heterocycles. The van der Waals surface area contributed by atoms with Crippen LogP contribution in [0.25, 0.3) is 10.2 Å². The minimum Gasteiger partial charge on any atom is -0.497 e. The van der Waals surface area contributed by atoms with Gasteiger partial charge in [0.2, 0.25) is 0 Å². The smallest absolute Gasteiger partial charge is 0.260 e. The molecule has 2 aromatic carbocycles. The number of hydrogen-bond acceptors (Lipinski definition) is 5. The first-order valence-corrected chi connectivity index (χ1v) is 9.68. The van der Waals surface area contributed by atoms with Crippen molar-refractivity contribution in [3.05, 3.63) is 83.7 Å². The van der Waals surface area contributed by atoms with E-state index in [9.17, 15) is 4.79 Å². The summed E-state index contributed by atoms with van der Waals surface area (Å²) in [4.78, 5) is 23.8.